The van der Waals surface area contributed by atoms with Gasteiger partial charge in [-0.3, -0.25) is 0 Å². The zero-order chi connectivity index (χ0) is 7.72. The second kappa shape index (κ2) is 3.29. The molecule has 4 heteroatoms. The molecule has 0 bridgehead atoms. The van der Waals surface area contributed by atoms with Crippen LogP contribution in [0.4, 0.5) is 8.78 Å². The maximum Gasteiger partial charge on any atom is 0.173 e. The first-order valence-corrected chi connectivity index (χ1v) is 4.57. The quantitative estimate of drug-likeness (QED) is 0.376. The summed E-state index contributed by atoms with van der Waals surface area (Å²) in [6.07, 6.45) is 0. The minimum Gasteiger partial charge on any atom is -0.203 e. The lowest BCUT2D eigenvalue weighted by Gasteiger charge is -1.96. The van der Waals surface area contributed by atoms with Crippen molar-refractivity contribution in [3.8, 4) is 0 Å². The Morgan fingerprint density at radius 3 is 1.50 bits per heavy atom. The molecule has 0 aliphatic rings. The summed E-state index contributed by atoms with van der Waals surface area (Å²) in [7, 11) is 0. The summed E-state index contributed by atoms with van der Waals surface area (Å²) in [5, 5.41) is 0. The molecule has 0 amide bonds. The van der Waals surface area contributed by atoms with Gasteiger partial charge in [0.2, 0.25) is 0 Å². The molecular formula is C6H2F2I2. The molecule has 0 heterocycles. The maximum absolute atomic E-state index is 12.6. The second-order valence-electron chi connectivity index (χ2n) is 1.66. The third kappa shape index (κ3) is 1.58. The monoisotopic (exact) mass is 366 g/mol. The van der Waals surface area contributed by atoms with Gasteiger partial charge in [-0.25, -0.2) is 8.78 Å². The van der Waals surface area contributed by atoms with Gasteiger partial charge in [0.25, 0.3) is 0 Å². The summed E-state index contributed by atoms with van der Waals surface area (Å²) in [6.45, 7) is 0. The van der Waals surface area contributed by atoms with E-state index in [-0.39, 0.29) is 0 Å². The van der Waals surface area contributed by atoms with Crippen LogP contribution >= 0.6 is 45.2 Å². The van der Waals surface area contributed by atoms with Crippen LogP contribution in [0.25, 0.3) is 0 Å². The Morgan fingerprint density at radius 1 is 0.900 bits per heavy atom. The molecule has 0 nitrogen and oxygen atoms in total. The van der Waals surface area contributed by atoms with E-state index in [2.05, 4.69) is 0 Å². The van der Waals surface area contributed by atoms with Crippen LogP contribution in [0.3, 0.4) is 0 Å². The van der Waals surface area contributed by atoms with Gasteiger partial charge in [0.1, 0.15) is 0 Å². The zero-order valence-corrected chi connectivity index (χ0v) is 8.98. The van der Waals surface area contributed by atoms with Crippen molar-refractivity contribution in [3.05, 3.63) is 30.9 Å². The molecular weight excluding hydrogens is 364 g/mol. The van der Waals surface area contributed by atoms with E-state index in [9.17, 15) is 8.78 Å². The molecule has 1 aromatic rings. The van der Waals surface area contributed by atoms with Gasteiger partial charge in [0, 0.05) is 0 Å². The van der Waals surface area contributed by atoms with Gasteiger partial charge in [-0.1, -0.05) is 0 Å². The van der Waals surface area contributed by atoms with E-state index in [1.807, 2.05) is 0 Å². The Morgan fingerprint density at radius 2 is 1.20 bits per heavy atom. The van der Waals surface area contributed by atoms with Crippen LogP contribution in [0.2, 0.25) is 0 Å². The van der Waals surface area contributed by atoms with E-state index >= 15 is 0 Å². The molecule has 0 radical (unpaired) electrons. The van der Waals surface area contributed by atoms with E-state index in [1.165, 1.54) is 0 Å². The van der Waals surface area contributed by atoms with E-state index in [1.54, 1.807) is 57.3 Å². The first-order valence-electron chi connectivity index (χ1n) is 2.42. The normalized spacial score (nSPS) is 10.0. The van der Waals surface area contributed by atoms with E-state index in [4.69, 9.17) is 0 Å². The van der Waals surface area contributed by atoms with Crippen LogP contribution in [-0.2, 0) is 0 Å². The lowest BCUT2D eigenvalue weighted by atomic mass is 10.3. The Labute approximate surface area is 84.3 Å². The van der Waals surface area contributed by atoms with Crippen LogP contribution in [0, 0.1) is 18.8 Å². The number of halogens is 4. The predicted octanol–water partition coefficient (Wildman–Crippen LogP) is 3.17. The number of hydrogen-bond donors (Lipinski definition) is 0. The molecule has 0 spiro atoms. The van der Waals surface area contributed by atoms with Crippen molar-refractivity contribution in [1.29, 1.82) is 0 Å². The third-order valence-corrected chi connectivity index (χ3v) is 2.65. The highest BCUT2D eigenvalue weighted by Gasteiger charge is 2.08. The molecule has 0 atom stereocenters. The molecule has 1 rings (SSSR count). The SMILES string of the molecule is Fc1c(I)ccc(I)c1F. The fourth-order valence-corrected chi connectivity index (χ4v) is 1.34. The van der Waals surface area contributed by atoms with Crippen molar-refractivity contribution < 1.29 is 8.78 Å². The van der Waals surface area contributed by atoms with Crippen molar-refractivity contribution in [3.63, 3.8) is 0 Å². The molecule has 0 aromatic heterocycles. The van der Waals surface area contributed by atoms with Crippen molar-refractivity contribution in [1.82, 2.24) is 0 Å². The molecule has 0 aliphatic heterocycles. The standard InChI is InChI=1S/C6H2F2I2/c7-5-3(9)1-2-4(10)6(5)8/h1-2H. The molecule has 0 saturated heterocycles. The smallest absolute Gasteiger partial charge is 0.173 e. The van der Waals surface area contributed by atoms with Crippen LogP contribution in [0.1, 0.15) is 0 Å². The maximum atomic E-state index is 12.6. The minimum absolute atomic E-state index is 0.315. The molecule has 0 saturated carbocycles. The van der Waals surface area contributed by atoms with Crippen LogP contribution < -0.4 is 0 Å². The van der Waals surface area contributed by atoms with Gasteiger partial charge in [0.05, 0.1) is 7.14 Å². The summed E-state index contributed by atoms with van der Waals surface area (Å²) < 4.78 is 25.8. The fourth-order valence-electron chi connectivity index (χ4n) is 0.502. The summed E-state index contributed by atoms with van der Waals surface area (Å²) in [5.74, 6) is -1.51. The summed E-state index contributed by atoms with van der Waals surface area (Å²) in [6, 6.07) is 3.08. The lowest BCUT2D eigenvalue weighted by Crippen LogP contribution is -1.90. The molecule has 0 fully saturated rings. The summed E-state index contributed by atoms with van der Waals surface area (Å²) >= 11 is 3.50. The van der Waals surface area contributed by atoms with Crippen LogP contribution in [-0.4, -0.2) is 0 Å². The lowest BCUT2D eigenvalue weighted by molar-refractivity contribution is 0.499. The summed E-state index contributed by atoms with van der Waals surface area (Å²) in [4.78, 5) is 0. The Kier molecular flexibility index (Phi) is 2.84. The molecule has 0 aliphatic carbocycles. The highest BCUT2D eigenvalue weighted by Crippen LogP contribution is 2.18. The van der Waals surface area contributed by atoms with Gasteiger partial charge in [0.15, 0.2) is 11.6 Å². The predicted molar refractivity (Wildman–Crippen MR) is 51.8 cm³/mol. The largest absolute Gasteiger partial charge is 0.203 e. The molecule has 0 unspecified atom stereocenters. The van der Waals surface area contributed by atoms with E-state index in [0.29, 0.717) is 7.14 Å². The Hall–Kier alpha value is 0.540. The number of hydrogen-bond acceptors (Lipinski definition) is 0. The number of benzene rings is 1. The zero-order valence-electron chi connectivity index (χ0n) is 4.67. The topological polar surface area (TPSA) is 0 Å². The highest BCUT2D eigenvalue weighted by atomic mass is 127. The van der Waals surface area contributed by atoms with Crippen molar-refractivity contribution in [2.45, 2.75) is 0 Å². The summed E-state index contributed by atoms with van der Waals surface area (Å²) in [5.41, 5.74) is 0. The van der Waals surface area contributed by atoms with E-state index < -0.39 is 11.6 Å². The average molecular weight is 366 g/mol. The van der Waals surface area contributed by atoms with Gasteiger partial charge in [-0.2, -0.15) is 0 Å². The van der Waals surface area contributed by atoms with Crippen LogP contribution in [0.15, 0.2) is 12.1 Å². The van der Waals surface area contributed by atoms with Gasteiger partial charge in [-0.15, -0.1) is 0 Å². The van der Waals surface area contributed by atoms with Crippen molar-refractivity contribution >= 4 is 45.2 Å². The molecule has 54 valence electrons. The van der Waals surface area contributed by atoms with Gasteiger partial charge in [-0.05, 0) is 57.3 Å². The third-order valence-electron chi connectivity index (χ3n) is 0.988. The Bertz CT molecular complexity index is 233. The minimum atomic E-state index is -0.757. The molecule has 0 N–H and O–H groups in total. The highest BCUT2D eigenvalue weighted by molar-refractivity contribution is 14.1. The average Bonchev–Trinajstić information content (AvgIpc) is 1.93. The molecule has 1 aromatic carbocycles. The number of rotatable bonds is 0. The molecule has 10 heavy (non-hydrogen) atoms. The van der Waals surface area contributed by atoms with Crippen molar-refractivity contribution in [2.24, 2.45) is 0 Å². The van der Waals surface area contributed by atoms with Gasteiger partial charge >= 0.3 is 0 Å². The van der Waals surface area contributed by atoms with Crippen LogP contribution in [0.5, 0.6) is 0 Å². The van der Waals surface area contributed by atoms with E-state index in [0.717, 1.165) is 0 Å². The first kappa shape index (κ1) is 8.63. The fraction of sp³-hybridized carbons (Fsp3) is 0. The Balaban J connectivity index is 3.34. The second-order valence-corrected chi connectivity index (χ2v) is 3.98. The van der Waals surface area contributed by atoms with Crippen molar-refractivity contribution in [2.75, 3.05) is 0 Å². The first-order chi connectivity index (χ1) is 4.63. The van der Waals surface area contributed by atoms with Gasteiger partial charge < -0.3 is 0 Å².